The average molecular weight is 234 g/mol. The zero-order chi connectivity index (χ0) is 12.0. The molecule has 0 aromatic heterocycles. The van der Waals surface area contributed by atoms with Crippen molar-refractivity contribution >= 4 is 23.2 Å². The maximum atomic E-state index is 11.7. The Kier molecular flexibility index (Phi) is 4.66. The van der Waals surface area contributed by atoms with Gasteiger partial charge in [-0.2, -0.15) is 0 Å². The van der Waals surface area contributed by atoms with Gasteiger partial charge in [0.1, 0.15) is 0 Å². The SMILES string of the molecule is C=CCN(C)C(=S)NC(=O)c1ccccc1. The molecule has 1 N–H and O–H groups in total. The van der Waals surface area contributed by atoms with Crippen LogP contribution >= 0.6 is 12.2 Å². The molecule has 16 heavy (non-hydrogen) atoms. The summed E-state index contributed by atoms with van der Waals surface area (Å²) in [5.41, 5.74) is 0.594. The van der Waals surface area contributed by atoms with E-state index in [1.54, 1.807) is 30.2 Å². The number of carbonyl (C=O) groups is 1. The number of nitrogens with zero attached hydrogens (tertiary/aromatic N) is 1. The van der Waals surface area contributed by atoms with Gasteiger partial charge in [-0.1, -0.05) is 24.3 Å². The van der Waals surface area contributed by atoms with E-state index < -0.39 is 0 Å². The van der Waals surface area contributed by atoms with Crippen molar-refractivity contribution in [2.45, 2.75) is 0 Å². The number of hydrogen-bond donors (Lipinski definition) is 1. The standard InChI is InChI=1S/C12H14N2OS/c1-3-9-14(2)12(16)13-11(15)10-7-5-4-6-8-10/h3-8H,1,9H2,2H3,(H,13,15,16). The molecule has 0 heterocycles. The highest BCUT2D eigenvalue weighted by Crippen LogP contribution is 1.98. The summed E-state index contributed by atoms with van der Waals surface area (Å²) in [5, 5.41) is 3.05. The molecule has 1 amide bonds. The first kappa shape index (κ1) is 12.4. The van der Waals surface area contributed by atoms with Gasteiger partial charge in [0.15, 0.2) is 5.11 Å². The van der Waals surface area contributed by atoms with Gasteiger partial charge < -0.3 is 4.90 Å². The summed E-state index contributed by atoms with van der Waals surface area (Å²) in [4.78, 5) is 13.5. The summed E-state index contributed by atoms with van der Waals surface area (Å²) in [6.45, 7) is 4.21. The Bertz CT molecular complexity index is 389. The molecule has 4 heteroatoms. The minimum Gasteiger partial charge on any atom is -0.348 e. The van der Waals surface area contributed by atoms with E-state index in [4.69, 9.17) is 12.2 Å². The Hall–Kier alpha value is -1.68. The van der Waals surface area contributed by atoms with Crippen LogP contribution in [0.3, 0.4) is 0 Å². The van der Waals surface area contributed by atoms with E-state index in [2.05, 4.69) is 11.9 Å². The minimum absolute atomic E-state index is 0.193. The Labute approximate surface area is 101 Å². The van der Waals surface area contributed by atoms with Crippen molar-refractivity contribution in [1.82, 2.24) is 10.2 Å². The number of likely N-dealkylation sites (N-methyl/N-ethyl adjacent to an activating group) is 1. The van der Waals surface area contributed by atoms with Crippen molar-refractivity contribution in [3.63, 3.8) is 0 Å². The van der Waals surface area contributed by atoms with Gasteiger partial charge in [-0.25, -0.2) is 0 Å². The van der Waals surface area contributed by atoms with Gasteiger partial charge in [-0.05, 0) is 24.4 Å². The molecular formula is C12H14N2OS. The number of benzene rings is 1. The number of hydrogen-bond acceptors (Lipinski definition) is 2. The predicted octanol–water partition coefficient (Wildman–Crippen LogP) is 1.82. The Morgan fingerprint density at radius 1 is 1.50 bits per heavy atom. The number of nitrogens with one attached hydrogen (secondary N) is 1. The third-order valence-corrected chi connectivity index (χ3v) is 2.42. The summed E-state index contributed by atoms with van der Waals surface area (Å²) < 4.78 is 0. The van der Waals surface area contributed by atoms with Gasteiger partial charge in [0.05, 0.1) is 0 Å². The normalized spacial score (nSPS) is 9.31. The van der Waals surface area contributed by atoms with Gasteiger partial charge in [0, 0.05) is 19.2 Å². The Balaban J connectivity index is 2.58. The van der Waals surface area contributed by atoms with Crippen LogP contribution in [-0.4, -0.2) is 29.5 Å². The van der Waals surface area contributed by atoms with Crippen molar-refractivity contribution < 1.29 is 4.79 Å². The highest BCUT2D eigenvalue weighted by Gasteiger charge is 2.08. The van der Waals surface area contributed by atoms with E-state index in [1.807, 2.05) is 18.2 Å². The third-order valence-electron chi connectivity index (χ3n) is 2.01. The van der Waals surface area contributed by atoms with Crippen LogP contribution < -0.4 is 5.32 Å². The second kappa shape index (κ2) is 6.02. The molecule has 0 atom stereocenters. The lowest BCUT2D eigenvalue weighted by Gasteiger charge is -2.18. The summed E-state index contributed by atoms with van der Waals surface area (Å²) in [6.07, 6.45) is 1.72. The highest BCUT2D eigenvalue weighted by molar-refractivity contribution is 7.80. The van der Waals surface area contributed by atoms with Crippen molar-refractivity contribution in [2.75, 3.05) is 13.6 Å². The monoisotopic (exact) mass is 234 g/mol. The highest BCUT2D eigenvalue weighted by atomic mass is 32.1. The first-order valence-electron chi connectivity index (χ1n) is 4.87. The largest absolute Gasteiger partial charge is 0.348 e. The second-order valence-electron chi connectivity index (χ2n) is 3.29. The van der Waals surface area contributed by atoms with Crippen LogP contribution in [0, 0.1) is 0 Å². The van der Waals surface area contributed by atoms with Crippen LogP contribution in [0.2, 0.25) is 0 Å². The van der Waals surface area contributed by atoms with E-state index in [0.717, 1.165) is 0 Å². The molecule has 0 unspecified atom stereocenters. The fraction of sp³-hybridized carbons (Fsp3) is 0.167. The molecule has 1 aromatic rings. The second-order valence-corrected chi connectivity index (χ2v) is 3.68. The van der Waals surface area contributed by atoms with Crippen LogP contribution in [-0.2, 0) is 0 Å². The van der Waals surface area contributed by atoms with Gasteiger partial charge >= 0.3 is 0 Å². The lowest BCUT2D eigenvalue weighted by atomic mass is 10.2. The van der Waals surface area contributed by atoms with Gasteiger partial charge in [0.2, 0.25) is 0 Å². The van der Waals surface area contributed by atoms with E-state index in [9.17, 15) is 4.79 Å². The van der Waals surface area contributed by atoms with E-state index in [1.165, 1.54) is 0 Å². The van der Waals surface area contributed by atoms with Gasteiger partial charge in [0.25, 0.3) is 5.91 Å². The molecule has 0 saturated heterocycles. The zero-order valence-corrected chi connectivity index (χ0v) is 9.96. The fourth-order valence-corrected chi connectivity index (χ4v) is 1.30. The summed E-state index contributed by atoms with van der Waals surface area (Å²) in [5.74, 6) is -0.193. The average Bonchev–Trinajstić information content (AvgIpc) is 2.30. The van der Waals surface area contributed by atoms with Gasteiger partial charge in [-0.15, -0.1) is 6.58 Å². The maximum absolute atomic E-state index is 11.7. The molecule has 0 fully saturated rings. The van der Waals surface area contributed by atoms with Crippen LogP contribution in [0.1, 0.15) is 10.4 Å². The number of amides is 1. The van der Waals surface area contributed by atoms with E-state index >= 15 is 0 Å². The number of rotatable bonds is 3. The summed E-state index contributed by atoms with van der Waals surface area (Å²) in [6, 6.07) is 8.96. The summed E-state index contributed by atoms with van der Waals surface area (Å²) in [7, 11) is 1.80. The maximum Gasteiger partial charge on any atom is 0.257 e. The first-order chi connectivity index (χ1) is 7.65. The van der Waals surface area contributed by atoms with Crippen molar-refractivity contribution in [1.29, 1.82) is 0 Å². The van der Waals surface area contributed by atoms with Crippen molar-refractivity contribution in [3.8, 4) is 0 Å². The zero-order valence-electron chi connectivity index (χ0n) is 9.14. The summed E-state index contributed by atoms with van der Waals surface area (Å²) >= 11 is 5.06. The molecule has 84 valence electrons. The van der Waals surface area contributed by atoms with Crippen LogP contribution in [0.15, 0.2) is 43.0 Å². The lowest BCUT2D eigenvalue weighted by Crippen LogP contribution is -2.40. The number of thiocarbonyl (C=S) groups is 1. The molecule has 3 nitrogen and oxygen atoms in total. The van der Waals surface area contributed by atoms with Crippen molar-refractivity contribution in [2.24, 2.45) is 0 Å². The molecule has 1 aromatic carbocycles. The third kappa shape index (κ3) is 3.47. The van der Waals surface area contributed by atoms with Crippen LogP contribution in [0.4, 0.5) is 0 Å². The molecular weight excluding hydrogens is 220 g/mol. The molecule has 0 saturated carbocycles. The number of carbonyl (C=O) groups excluding carboxylic acids is 1. The molecule has 0 radical (unpaired) electrons. The molecule has 0 aliphatic heterocycles. The molecule has 0 spiro atoms. The Morgan fingerprint density at radius 2 is 2.12 bits per heavy atom. The molecule has 0 aliphatic rings. The smallest absolute Gasteiger partial charge is 0.257 e. The lowest BCUT2D eigenvalue weighted by molar-refractivity contribution is 0.0974. The predicted molar refractivity (Wildman–Crippen MR) is 69.3 cm³/mol. The molecule has 0 bridgehead atoms. The minimum atomic E-state index is -0.193. The Morgan fingerprint density at radius 3 is 2.69 bits per heavy atom. The van der Waals surface area contributed by atoms with Crippen LogP contribution in [0.25, 0.3) is 0 Å². The van der Waals surface area contributed by atoms with Crippen molar-refractivity contribution in [3.05, 3.63) is 48.6 Å². The molecule has 1 rings (SSSR count). The van der Waals surface area contributed by atoms with Crippen LogP contribution in [0.5, 0.6) is 0 Å². The van der Waals surface area contributed by atoms with E-state index in [0.29, 0.717) is 17.2 Å². The topological polar surface area (TPSA) is 32.3 Å². The quantitative estimate of drug-likeness (QED) is 0.639. The van der Waals surface area contributed by atoms with E-state index in [-0.39, 0.29) is 5.91 Å². The first-order valence-corrected chi connectivity index (χ1v) is 5.28. The van der Waals surface area contributed by atoms with Gasteiger partial charge in [-0.3, -0.25) is 10.1 Å². The fourth-order valence-electron chi connectivity index (χ4n) is 1.13. The molecule has 0 aliphatic carbocycles.